The molecule has 96 valence electrons. The molecular formula is C15H13FN2S. The number of fused-ring (bicyclic) bond motifs is 1. The fourth-order valence-electron chi connectivity index (χ4n) is 2.25. The summed E-state index contributed by atoms with van der Waals surface area (Å²) in [6.45, 7) is 3.94. The van der Waals surface area contributed by atoms with Crippen molar-refractivity contribution in [3.63, 3.8) is 0 Å². The molecule has 1 heterocycles. The van der Waals surface area contributed by atoms with Gasteiger partial charge < -0.3 is 4.98 Å². The summed E-state index contributed by atoms with van der Waals surface area (Å²) in [6, 6.07) is 11.0. The summed E-state index contributed by atoms with van der Waals surface area (Å²) in [5.41, 5.74) is 4.41. The van der Waals surface area contributed by atoms with E-state index in [9.17, 15) is 4.39 Å². The second kappa shape index (κ2) is 4.31. The zero-order valence-corrected chi connectivity index (χ0v) is 11.5. The van der Waals surface area contributed by atoms with Crippen LogP contribution in [0, 0.1) is 24.4 Å². The molecule has 0 fully saturated rings. The Bertz CT molecular complexity index is 830. The van der Waals surface area contributed by atoms with E-state index in [1.165, 1.54) is 6.07 Å². The molecule has 0 aliphatic heterocycles. The molecule has 0 saturated carbocycles. The summed E-state index contributed by atoms with van der Waals surface area (Å²) in [4.78, 5) is 3.11. The lowest BCUT2D eigenvalue weighted by Gasteiger charge is -2.07. The number of imidazole rings is 1. The maximum Gasteiger partial charge on any atom is 0.182 e. The number of nitrogens with zero attached hydrogens (tertiary/aromatic N) is 1. The van der Waals surface area contributed by atoms with E-state index in [0.29, 0.717) is 10.5 Å². The van der Waals surface area contributed by atoms with Gasteiger partial charge in [0.15, 0.2) is 4.77 Å². The summed E-state index contributed by atoms with van der Waals surface area (Å²) in [6.07, 6.45) is 0. The Kier molecular flexibility index (Phi) is 2.75. The van der Waals surface area contributed by atoms with Crippen LogP contribution in [0.25, 0.3) is 16.7 Å². The first-order valence-corrected chi connectivity index (χ1v) is 6.45. The van der Waals surface area contributed by atoms with Crippen molar-refractivity contribution in [3.05, 3.63) is 58.1 Å². The van der Waals surface area contributed by atoms with E-state index >= 15 is 0 Å². The Morgan fingerprint density at radius 1 is 1.05 bits per heavy atom. The third-order valence-corrected chi connectivity index (χ3v) is 3.47. The number of benzene rings is 2. The Hall–Kier alpha value is -1.94. The first kappa shape index (κ1) is 12.1. The van der Waals surface area contributed by atoms with Gasteiger partial charge in [0.2, 0.25) is 0 Å². The van der Waals surface area contributed by atoms with Crippen LogP contribution in [0.15, 0.2) is 36.4 Å². The van der Waals surface area contributed by atoms with Crippen molar-refractivity contribution in [1.82, 2.24) is 9.55 Å². The van der Waals surface area contributed by atoms with Crippen molar-refractivity contribution in [1.29, 1.82) is 0 Å². The molecule has 2 aromatic carbocycles. The van der Waals surface area contributed by atoms with Gasteiger partial charge >= 0.3 is 0 Å². The van der Waals surface area contributed by atoms with E-state index in [-0.39, 0.29) is 5.82 Å². The topological polar surface area (TPSA) is 20.7 Å². The van der Waals surface area contributed by atoms with Crippen LogP contribution in [-0.4, -0.2) is 9.55 Å². The number of aromatic nitrogens is 2. The SMILES string of the molecule is Cc1ccc(F)c(-n2c(=S)[nH]c3ccc(C)cc32)c1. The number of halogens is 1. The average Bonchev–Trinajstić information content (AvgIpc) is 2.68. The molecule has 4 heteroatoms. The average molecular weight is 272 g/mol. The van der Waals surface area contributed by atoms with E-state index in [0.717, 1.165) is 22.2 Å². The summed E-state index contributed by atoms with van der Waals surface area (Å²) in [5, 5.41) is 0. The molecule has 3 aromatic rings. The monoisotopic (exact) mass is 272 g/mol. The standard InChI is InChI=1S/C15H13FN2S/c1-9-3-5-11(16)13(7-9)18-14-8-10(2)4-6-12(14)17-15(18)19/h3-8H,1-2H3,(H,17,19). The molecule has 0 spiro atoms. The van der Waals surface area contributed by atoms with Crippen LogP contribution in [0.1, 0.15) is 11.1 Å². The number of rotatable bonds is 1. The minimum absolute atomic E-state index is 0.274. The Morgan fingerprint density at radius 2 is 1.74 bits per heavy atom. The highest BCUT2D eigenvalue weighted by Crippen LogP contribution is 2.23. The van der Waals surface area contributed by atoms with Crippen molar-refractivity contribution in [2.45, 2.75) is 13.8 Å². The fraction of sp³-hybridized carbons (Fsp3) is 0.133. The molecule has 1 aromatic heterocycles. The van der Waals surface area contributed by atoms with Gasteiger partial charge in [0.05, 0.1) is 16.7 Å². The molecule has 0 bridgehead atoms. The lowest BCUT2D eigenvalue weighted by atomic mass is 10.2. The van der Waals surface area contributed by atoms with Crippen molar-refractivity contribution in [3.8, 4) is 5.69 Å². The number of H-pyrrole nitrogens is 1. The van der Waals surface area contributed by atoms with Crippen LogP contribution < -0.4 is 0 Å². The van der Waals surface area contributed by atoms with Crippen LogP contribution in [0.3, 0.4) is 0 Å². The van der Waals surface area contributed by atoms with Crippen molar-refractivity contribution in [2.24, 2.45) is 0 Å². The maximum absolute atomic E-state index is 14.1. The van der Waals surface area contributed by atoms with E-state index in [1.807, 2.05) is 32.0 Å². The minimum Gasteiger partial charge on any atom is -0.330 e. The molecule has 0 radical (unpaired) electrons. The zero-order valence-electron chi connectivity index (χ0n) is 10.7. The van der Waals surface area contributed by atoms with Gasteiger partial charge in [-0.2, -0.15) is 0 Å². The normalized spacial score (nSPS) is 11.1. The third-order valence-electron chi connectivity index (χ3n) is 3.18. The summed E-state index contributed by atoms with van der Waals surface area (Å²) in [7, 11) is 0. The number of aromatic amines is 1. The summed E-state index contributed by atoms with van der Waals surface area (Å²) < 4.78 is 16.3. The van der Waals surface area contributed by atoms with Gasteiger partial charge in [0.25, 0.3) is 0 Å². The van der Waals surface area contributed by atoms with Crippen LogP contribution >= 0.6 is 12.2 Å². The van der Waals surface area contributed by atoms with Gasteiger partial charge in [-0.25, -0.2) is 4.39 Å². The second-order valence-corrected chi connectivity index (χ2v) is 5.13. The van der Waals surface area contributed by atoms with Gasteiger partial charge in [-0.05, 0) is 61.5 Å². The Morgan fingerprint density at radius 3 is 2.53 bits per heavy atom. The van der Waals surface area contributed by atoms with Crippen molar-refractivity contribution in [2.75, 3.05) is 0 Å². The Labute approximate surface area is 115 Å². The highest BCUT2D eigenvalue weighted by Gasteiger charge is 2.11. The smallest absolute Gasteiger partial charge is 0.182 e. The van der Waals surface area contributed by atoms with E-state index in [1.54, 1.807) is 16.7 Å². The molecule has 3 rings (SSSR count). The van der Waals surface area contributed by atoms with E-state index < -0.39 is 0 Å². The van der Waals surface area contributed by atoms with E-state index in [4.69, 9.17) is 12.2 Å². The van der Waals surface area contributed by atoms with E-state index in [2.05, 4.69) is 4.98 Å². The number of aryl methyl sites for hydroxylation is 2. The van der Waals surface area contributed by atoms with Gasteiger partial charge in [-0.15, -0.1) is 0 Å². The number of nitrogens with one attached hydrogen (secondary N) is 1. The Balaban J connectivity index is 2.42. The third kappa shape index (κ3) is 1.98. The molecule has 0 unspecified atom stereocenters. The van der Waals surface area contributed by atoms with Gasteiger partial charge in [-0.1, -0.05) is 12.1 Å². The highest BCUT2D eigenvalue weighted by atomic mass is 32.1. The molecule has 0 amide bonds. The lowest BCUT2D eigenvalue weighted by Crippen LogP contribution is -1.98. The predicted molar refractivity (Wildman–Crippen MR) is 77.9 cm³/mol. The van der Waals surface area contributed by atoms with Gasteiger partial charge in [-0.3, -0.25) is 4.57 Å². The molecule has 2 nitrogen and oxygen atoms in total. The molecule has 0 aliphatic rings. The van der Waals surface area contributed by atoms with Gasteiger partial charge in [0, 0.05) is 0 Å². The molecule has 19 heavy (non-hydrogen) atoms. The zero-order chi connectivity index (χ0) is 13.6. The molecule has 0 atom stereocenters. The molecule has 0 saturated heterocycles. The van der Waals surface area contributed by atoms with Crippen molar-refractivity contribution >= 4 is 23.3 Å². The molecular weight excluding hydrogens is 259 g/mol. The minimum atomic E-state index is -0.274. The first-order chi connectivity index (χ1) is 9.06. The number of hydrogen-bond acceptors (Lipinski definition) is 1. The van der Waals surface area contributed by atoms with Crippen LogP contribution in [0.5, 0.6) is 0 Å². The molecule has 0 aliphatic carbocycles. The summed E-state index contributed by atoms with van der Waals surface area (Å²) >= 11 is 5.32. The maximum atomic E-state index is 14.1. The lowest BCUT2D eigenvalue weighted by molar-refractivity contribution is 0.618. The van der Waals surface area contributed by atoms with Crippen LogP contribution in [0.2, 0.25) is 0 Å². The van der Waals surface area contributed by atoms with Gasteiger partial charge in [0.1, 0.15) is 5.82 Å². The van der Waals surface area contributed by atoms with Crippen molar-refractivity contribution < 1.29 is 4.39 Å². The largest absolute Gasteiger partial charge is 0.330 e. The van der Waals surface area contributed by atoms with Crippen LogP contribution in [-0.2, 0) is 0 Å². The second-order valence-electron chi connectivity index (χ2n) is 4.74. The quantitative estimate of drug-likeness (QED) is 0.649. The summed E-state index contributed by atoms with van der Waals surface area (Å²) in [5.74, 6) is -0.274. The fourth-order valence-corrected chi connectivity index (χ4v) is 2.55. The first-order valence-electron chi connectivity index (χ1n) is 6.04. The highest BCUT2D eigenvalue weighted by molar-refractivity contribution is 7.71. The predicted octanol–water partition coefficient (Wildman–Crippen LogP) is 4.44. The molecule has 1 N–H and O–H groups in total. The number of hydrogen-bond donors (Lipinski definition) is 1. The van der Waals surface area contributed by atoms with Crippen LogP contribution in [0.4, 0.5) is 4.39 Å².